The predicted molar refractivity (Wildman–Crippen MR) is 127 cm³/mol. The number of carbonyl (C=O) groups excluding carboxylic acids is 2. The second-order valence-electron chi connectivity index (χ2n) is 6.25. The first-order chi connectivity index (χ1) is 14.9. The first-order valence-corrected chi connectivity index (χ1v) is 11.1. The molecule has 0 fully saturated rings. The number of amides is 2. The molecule has 0 aromatic heterocycles. The number of hydrogen-bond acceptors (Lipinski definition) is 5. The average Bonchev–Trinajstić information content (AvgIpc) is 2.73. The van der Waals surface area contributed by atoms with Gasteiger partial charge in [-0.15, -0.1) is 0 Å². The summed E-state index contributed by atoms with van der Waals surface area (Å²) in [7, 11) is 0. The minimum Gasteiger partial charge on any atom is -0.487 e. The molecule has 0 heterocycles. The van der Waals surface area contributed by atoms with Gasteiger partial charge in [-0.2, -0.15) is 5.10 Å². The van der Waals surface area contributed by atoms with Crippen molar-refractivity contribution < 1.29 is 19.1 Å². The van der Waals surface area contributed by atoms with E-state index in [0.717, 1.165) is 20.1 Å². The van der Waals surface area contributed by atoms with Crippen molar-refractivity contribution in [3.05, 3.63) is 75.2 Å². The number of hydrogen-bond donors (Lipinski definition) is 2. The molecule has 2 amide bonds. The Morgan fingerprint density at radius 2 is 1.87 bits per heavy atom. The third-order valence-electron chi connectivity index (χ3n) is 3.92. The second kappa shape index (κ2) is 12.9. The van der Waals surface area contributed by atoms with Crippen LogP contribution in [0.4, 0.5) is 4.79 Å². The van der Waals surface area contributed by atoms with Crippen molar-refractivity contribution in [3.8, 4) is 5.75 Å². The van der Waals surface area contributed by atoms with Crippen molar-refractivity contribution >= 4 is 50.1 Å². The Balaban J connectivity index is 2.07. The highest BCUT2D eigenvalue weighted by molar-refractivity contribution is 9.11. The molecule has 0 aliphatic carbocycles. The summed E-state index contributed by atoms with van der Waals surface area (Å²) in [6.45, 7) is 5.90. The maximum absolute atomic E-state index is 12.6. The van der Waals surface area contributed by atoms with Gasteiger partial charge in [0.05, 0.1) is 21.8 Å². The van der Waals surface area contributed by atoms with Gasteiger partial charge in [-0.05, 0) is 62.0 Å². The maximum Gasteiger partial charge on any atom is 0.407 e. The van der Waals surface area contributed by atoms with Gasteiger partial charge in [-0.1, -0.05) is 43.0 Å². The van der Waals surface area contributed by atoms with Crippen LogP contribution in [0.5, 0.6) is 5.75 Å². The normalized spacial score (nSPS) is 11.6. The van der Waals surface area contributed by atoms with E-state index >= 15 is 0 Å². The molecular weight excluding hydrogens is 530 g/mol. The Morgan fingerprint density at radius 3 is 2.48 bits per heavy atom. The molecule has 0 unspecified atom stereocenters. The summed E-state index contributed by atoms with van der Waals surface area (Å²) in [5, 5.41) is 6.59. The fraction of sp³-hybridized carbons (Fsp3) is 0.227. The quantitative estimate of drug-likeness (QED) is 0.256. The summed E-state index contributed by atoms with van der Waals surface area (Å²) < 4.78 is 11.9. The van der Waals surface area contributed by atoms with E-state index in [0.29, 0.717) is 18.8 Å². The average molecular weight is 553 g/mol. The van der Waals surface area contributed by atoms with Crippen LogP contribution in [0.25, 0.3) is 0 Å². The van der Waals surface area contributed by atoms with Crippen LogP contribution in [-0.2, 0) is 16.0 Å². The van der Waals surface area contributed by atoms with Gasteiger partial charge in [-0.3, -0.25) is 4.79 Å². The van der Waals surface area contributed by atoms with Crippen LogP contribution in [0.2, 0.25) is 0 Å². The third-order valence-corrected chi connectivity index (χ3v) is 5.10. The zero-order valence-electron chi connectivity index (χ0n) is 16.9. The molecule has 9 heteroatoms. The minimum atomic E-state index is -0.841. The van der Waals surface area contributed by atoms with Crippen molar-refractivity contribution in [2.45, 2.75) is 19.4 Å². The van der Waals surface area contributed by atoms with E-state index in [2.05, 4.69) is 54.3 Å². The molecule has 0 aliphatic rings. The van der Waals surface area contributed by atoms with Crippen molar-refractivity contribution in [1.82, 2.24) is 10.7 Å². The molecule has 31 heavy (non-hydrogen) atoms. The fourth-order valence-electron chi connectivity index (χ4n) is 2.56. The van der Waals surface area contributed by atoms with Gasteiger partial charge in [-0.25, -0.2) is 10.2 Å². The number of hydrazone groups is 1. The van der Waals surface area contributed by atoms with Crippen LogP contribution in [-0.4, -0.2) is 37.5 Å². The van der Waals surface area contributed by atoms with Crippen LogP contribution in [0, 0.1) is 0 Å². The summed E-state index contributed by atoms with van der Waals surface area (Å²) in [6, 6.07) is 12.1. The van der Waals surface area contributed by atoms with Crippen molar-refractivity contribution in [2.75, 3.05) is 13.2 Å². The number of ether oxygens (including phenoxy) is 2. The van der Waals surface area contributed by atoms with Crippen molar-refractivity contribution in [2.24, 2.45) is 5.10 Å². The van der Waals surface area contributed by atoms with E-state index in [-0.39, 0.29) is 6.61 Å². The lowest BCUT2D eigenvalue weighted by molar-refractivity contribution is -0.123. The summed E-state index contributed by atoms with van der Waals surface area (Å²) in [5.74, 6) is 0.180. The number of benzene rings is 2. The summed E-state index contributed by atoms with van der Waals surface area (Å²) in [6.07, 6.45) is 2.78. The van der Waals surface area contributed by atoms with Gasteiger partial charge in [0, 0.05) is 6.42 Å². The van der Waals surface area contributed by atoms with Crippen LogP contribution in [0.1, 0.15) is 18.1 Å². The van der Waals surface area contributed by atoms with E-state index < -0.39 is 18.0 Å². The smallest absolute Gasteiger partial charge is 0.407 e. The number of nitrogens with zero attached hydrogens (tertiary/aromatic N) is 1. The van der Waals surface area contributed by atoms with Gasteiger partial charge in [0.1, 0.15) is 18.4 Å². The molecule has 0 aliphatic heterocycles. The Labute approximate surface area is 198 Å². The Morgan fingerprint density at radius 1 is 1.19 bits per heavy atom. The van der Waals surface area contributed by atoms with E-state index in [4.69, 9.17) is 9.47 Å². The molecule has 7 nitrogen and oxygen atoms in total. The molecule has 164 valence electrons. The van der Waals surface area contributed by atoms with Gasteiger partial charge in [0.25, 0.3) is 5.91 Å². The summed E-state index contributed by atoms with van der Waals surface area (Å²) >= 11 is 6.90. The highest BCUT2D eigenvalue weighted by Crippen LogP contribution is 2.34. The van der Waals surface area contributed by atoms with Crippen molar-refractivity contribution in [1.29, 1.82) is 0 Å². The Kier molecular flexibility index (Phi) is 10.3. The van der Waals surface area contributed by atoms with Gasteiger partial charge in [0.15, 0.2) is 0 Å². The number of halogens is 2. The molecule has 0 spiro atoms. The zero-order chi connectivity index (χ0) is 22.6. The van der Waals surface area contributed by atoms with E-state index in [9.17, 15) is 9.59 Å². The molecular formula is C22H23Br2N3O4. The van der Waals surface area contributed by atoms with E-state index in [1.54, 1.807) is 25.1 Å². The third kappa shape index (κ3) is 8.18. The molecule has 2 N–H and O–H groups in total. The molecule has 0 radical (unpaired) electrons. The largest absolute Gasteiger partial charge is 0.487 e. The van der Waals surface area contributed by atoms with Crippen LogP contribution in [0.3, 0.4) is 0 Å². The molecule has 2 rings (SSSR count). The number of rotatable bonds is 10. The Hall–Kier alpha value is -2.65. The van der Waals surface area contributed by atoms with Crippen molar-refractivity contribution in [3.63, 3.8) is 0 Å². The van der Waals surface area contributed by atoms with Crippen LogP contribution < -0.4 is 15.5 Å². The molecule has 0 saturated carbocycles. The zero-order valence-corrected chi connectivity index (χ0v) is 20.1. The molecule has 2 aromatic rings. The monoisotopic (exact) mass is 551 g/mol. The predicted octanol–water partition coefficient (Wildman–Crippen LogP) is 4.58. The molecule has 0 saturated heterocycles. The fourth-order valence-corrected chi connectivity index (χ4v) is 4.01. The first-order valence-electron chi connectivity index (χ1n) is 9.47. The molecule has 2 aromatic carbocycles. The standard InChI is InChI=1S/C22H23Br2N3O4/c1-3-10-31-20-17(23)11-16(12-18(20)24)14-25-27-21(28)19(26-22(29)30-4-2)13-15-8-6-5-7-9-15/h3,5-9,11-12,14,19H,1,4,10,13H2,2H3,(H,26,29)(H,27,28)/b25-14-/t19-/m0/s1. The maximum atomic E-state index is 12.6. The lowest BCUT2D eigenvalue weighted by Gasteiger charge is -2.16. The lowest BCUT2D eigenvalue weighted by Crippen LogP contribution is -2.47. The van der Waals surface area contributed by atoms with E-state index in [1.165, 1.54) is 6.21 Å². The van der Waals surface area contributed by atoms with Gasteiger partial charge < -0.3 is 14.8 Å². The molecule has 1 atom stereocenters. The topological polar surface area (TPSA) is 89.0 Å². The first kappa shape index (κ1) is 24.6. The van der Waals surface area contributed by atoms with Gasteiger partial charge >= 0.3 is 6.09 Å². The summed E-state index contributed by atoms with van der Waals surface area (Å²) in [5.41, 5.74) is 4.09. The highest BCUT2D eigenvalue weighted by atomic mass is 79.9. The van der Waals surface area contributed by atoms with E-state index in [1.807, 2.05) is 30.3 Å². The van der Waals surface area contributed by atoms with Gasteiger partial charge in [0.2, 0.25) is 0 Å². The molecule has 0 bridgehead atoms. The van der Waals surface area contributed by atoms with Crippen LogP contribution in [0.15, 0.2) is 69.2 Å². The lowest BCUT2D eigenvalue weighted by atomic mass is 10.1. The number of alkyl carbamates (subject to hydrolysis) is 1. The number of carbonyl (C=O) groups is 2. The van der Waals surface area contributed by atoms with Crippen LogP contribution >= 0.6 is 31.9 Å². The highest BCUT2D eigenvalue weighted by Gasteiger charge is 2.21. The Bertz CT molecular complexity index is 913. The second-order valence-corrected chi connectivity index (χ2v) is 7.96. The summed E-state index contributed by atoms with van der Waals surface area (Å²) in [4.78, 5) is 24.5. The minimum absolute atomic E-state index is 0.208. The number of nitrogens with one attached hydrogen (secondary N) is 2. The SMILES string of the molecule is C=CCOc1c(Br)cc(/C=N\NC(=O)[C@H](Cc2ccccc2)NC(=O)OCC)cc1Br.